The first kappa shape index (κ1) is 17.5. The maximum absolute atomic E-state index is 12.6. The van der Waals surface area contributed by atoms with E-state index in [1.807, 2.05) is 4.90 Å². The lowest BCUT2D eigenvalue weighted by atomic mass is 9.92. The molecule has 0 unspecified atom stereocenters. The van der Waals surface area contributed by atoms with Crippen molar-refractivity contribution in [2.45, 2.75) is 69.5 Å². The smallest absolute Gasteiger partial charge is 0.254 e. The lowest BCUT2D eigenvalue weighted by Crippen LogP contribution is -2.35. The summed E-state index contributed by atoms with van der Waals surface area (Å²) in [5.41, 5.74) is 0.657. The molecule has 0 saturated carbocycles. The summed E-state index contributed by atoms with van der Waals surface area (Å²) in [6.07, 6.45) is 5.03. The van der Waals surface area contributed by atoms with Gasteiger partial charge in [-0.2, -0.15) is 0 Å². The van der Waals surface area contributed by atoms with Crippen LogP contribution in [0.4, 0.5) is 0 Å². The second kappa shape index (κ2) is 6.90. The number of carbonyl (C=O) groups excluding carboxylic acids is 1. The average molecular weight is 350 g/mol. The summed E-state index contributed by atoms with van der Waals surface area (Å²) in [4.78, 5) is 31.9. The fourth-order valence-corrected chi connectivity index (χ4v) is 4.49. The first-order valence-corrected chi connectivity index (χ1v) is 9.89. The standard InChI is InChI=1S/C18H27N3O2S/c1-18(2,3)14-11-16(23)21-13(12-24-17(21)19-14)10-15(22)20-8-6-4-5-7-9-20/h11,13H,4-10,12H2,1-3H3/t13-/m1/s1. The number of nitrogens with zero attached hydrogens (tertiary/aromatic N) is 3. The van der Waals surface area contributed by atoms with Crippen LogP contribution in [0, 0.1) is 0 Å². The first-order valence-electron chi connectivity index (χ1n) is 8.91. The first-order chi connectivity index (χ1) is 11.4. The lowest BCUT2D eigenvalue weighted by molar-refractivity contribution is -0.131. The number of aromatic nitrogens is 2. The van der Waals surface area contributed by atoms with Gasteiger partial charge in [0.1, 0.15) is 0 Å². The van der Waals surface area contributed by atoms with Crippen LogP contribution in [0.2, 0.25) is 0 Å². The van der Waals surface area contributed by atoms with Crippen molar-refractivity contribution in [2.75, 3.05) is 18.8 Å². The zero-order chi connectivity index (χ0) is 17.3. The van der Waals surface area contributed by atoms with E-state index >= 15 is 0 Å². The topological polar surface area (TPSA) is 55.2 Å². The molecule has 2 aliphatic heterocycles. The van der Waals surface area contributed by atoms with Gasteiger partial charge in [-0.25, -0.2) is 4.98 Å². The van der Waals surface area contributed by atoms with Crippen molar-refractivity contribution in [1.29, 1.82) is 0 Å². The minimum atomic E-state index is -0.144. The second-order valence-electron chi connectivity index (χ2n) is 7.85. The fraction of sp³-hybridized carbons (Fsp3) is 0.722. The third-order valence-corrected chi connectivity index (χ3v) is 5.92. The maximum Gasteiger partial charge on any atom is 0.254 e. The molecule has 1 atom stereocenters. The van der Waals surface area contributed by atoms with Crippen LogP contribution in [0.3, 0.4) is 0 Å². The summed E-state index contributed by atoms with van der Waals surface area (Å²) in [6.45, 7) is 7.91. The SMILES string of the molecule is CC(C)(C)c1cc(=O)n2c(n1)SC[C@H]2CC(=O)N1CCCCCC1. The minimum absolute atomic E-state index is 0.0245. The van der Waals surface area contributed by atoms with Crippen molar-refractivity contribution in [2.24, 2.45) is 0 Å². The molecule has 2 aliphatic rings. The van der Waals surface area contributed by atoms with Crippen LogP contribution < -0.4 is 5.56 Å². The monoisotopic (exact) mass is 349 g/mol. The van der Waals surface area contributed by atoms with Crippen LogP contribution in [-0.4, -0.2) is 39.2 Å². The summed E-state index contributed by atoms with van der Waals surface area (Å²) in [6, 6.07) is 1.58. The molecule has 0 spiro atoms. The largest absolute Gasteiger partial charge is 0.343 e. The summed E-state index contributed by atoms with van der Waals surface area (Å²) in [5.74, 6) is 0.942. The van der Waals surface area contributed by atoms with Gasteiger partial charge in [0, 0.05) is 36.7 Å². The van der Waals surface area contributed by atoms with E-state index in [1.54, 1.807) is 22.4 Å². The van der Waals surface area contributed by atoms with Crippen LogP contribution >= 0.6 is 11.8 Å². The van der Waals surface area contributed by atoms with Crippen molar-refractivity contribution in [1.82, 2.24) is 14.5 Å². The molecule has 1 saturated heterocycles. The predicted octanol–water partition coefficient (Wildman–Crippen LogP) is 2.98. The normalized spacial score (nSPS) is 21.5. The summed E-state index contributed by atoms with van der Waals surface area (Å²) in [7, 11) is 0. The van der Waals surface area contributed by atoms with Crippen molar-refractivity contribution in [3.8, 4) is 0 Å². The van der Waals surface area contributed by atoms with Gasteiger partial charge in [0.25, 0.3) is 5.56 Å². The molecule has 0 bridgehead atoms. The molecule has 0 aromatic carbocycles. The van der Waals surface area contributed by atoms with Gasteiger partial charge in [-0.1, -0.05) is 45.4 Å². The quantitative estimate of drug-likeness (QED) is 0.770. The van der Waals surface area contributed by atoms with Gasteiger partial charge in [-0.3, -0.25) is 14.2 Å². The van der Waals surface area contributed by atoms with Gasteiger partial charge >= 0.3 is 0 Å². The molecule has 0 aliphatic carbocycles. The van der Waals surface area contributed by atoms with Crippen molar-refractivity contribution in [3.63, 3.8) is 0 Å². The molecule has 0 N–H and O–H groups in total. The van der Waals surface area contributed by atoms with E-state index in [4.69, 9.17) is 0 Å². The summed E-state index contributed by atoms with van der Waals surface area (Å²) >= 11 is 1.59. The Labute approximate surface area is 147 Å². The highest BCUT2D eigenvalue weighted by molar-refractivity contribution is 7.99. The van der Waals surface area contributed by atoms with Gasteiger partial charge in [-0.15, -0.1) is 0 Å². The number of hydrogen-bond acceptors (Lipinski definition) is 4. The highest BCUT2D eigenvalue weighted by Crippen LogP contribution is 2.34. The van der Waals surface area contributed by atoms with E-state index in [2.05, 4.69) is 25.8 Å². The van der Waals surface area contributed by atoms with E-state index in [0.29, 0.717) is 6.42 Å². The summed E-state index contributed by atoms with van der Waals surface area (Å²) in [5, 5.41) is 0.765. The zero-order valence-corrected chi connectivity index (χ0v) is 15.7. The molecule has 3 rings (SSSR count). The van der Waals surface area contributed by atoms with E-state index in [0.717, 1.165) is 42.5 Å². The molecular weight excluding hydrogens is 322 g/mol. The number of amides is 1. The van der Waals surface area contributed by atoms with Gasteiger partial charge < -0.3 is 4.90 Å². The number of fused-ring (bicyclic) bond motifs is 1. The Balaban J connectivity index is 1.77. The fourth-order valence-electron chi connectivity index (χ4n) is 3.34. The van der Waals surface area contributed by atoms with E-state index in [1.165, 1.54) is 12.8 Å². The molecule has 132 valence electrons. The number of likely N-dealkylation sites (tertiary alicyclic amines) is 1. The van der Waals surface area contributed by atoms with Crippen LogP contribution in [-0.2, 0) is 10.2 Å². The number of hydrogen-bond donors (Lipinski definition) is 0. The number of rotatable bonds is 2. The van der Waals surface area contributed by atoms with Gasteiger partial charge in [0.05, 0.1) is 11.7 Å². The minimum Gasteiger partial charge on any atom is -0.343 e. The van der Waals surface area contributed by atoms with Crippen molar-refractivity contribution >= 4 is 17.7 Å². The number of carbonyl (C=O) groups is 1. The Bertz CT molecular complexity index is 670. The van der Waals surface area contributed by atoms with E-state index in [-0.39, 0.29) is 22.9 Å². The van der Waals surface area contributed by atoms with Gasteiger partial charge in [0.2, 0.25) is 5.91 Å². The molecule has 6 heteroatoms. The van der Waals surface area contributed by atoms with Crippen molar-refractivity contribution < 1.29 is 4.79 Å². The molecule has 3 heterocycles. The third kappa shape index (κ3) is 3.68. The highest BCUT2D eigenvalue weighted by atomic mass is 32.2. The molecule has 1 aromatic heterocycles. The molecule has 1 amide bonds. The highest BCUT2D eigenvalue weighted by Gasteiger charge is 2.30. The lowest BCUT2D eigenvalue weighted by Gasteiger charge is -2.23. The number of thioether (sulfide) groups is 1. The molecule has 24 heavy (non-hydrogen) atoms. The second-order valence-corrected chi connectivity index (χ2v) is 8.83. The molecule has 1 fully saturated rings. The van der Waals surface area contributed by atoms with Crippen LogP contribution in [0.25, 0.3) is 0 Å². The van der Waals surface area contributed by atoms with Crippen LogP contribution in [0.1, 0.15) is 64.6 Å². The van der Waals surface area contributed by atoms with Crippen molar-refractivity contribution in [3.05, 3.63) is 22.1 Å². The molecule has 0 radical (unpaired) electrons. The average Bonchev–Trinajstić information content (AvgIpc) is 2.73. The van der Waals surface area contributed by atoms with Crippen LogP contribution in [0.5, 0.6) is 0 Å². The Morgan fingerprint density at radius 3 is 2.54 bits per heavy atom. The Morgan fingerprint density at radius 1 is 1.25 bits per heavy atom. The van der Waals surface area contributed by atoms with Gasteiger partial charge in [0.15, 0.2) is 5.16 Å². The Morgan fingerprint density at radius 2 is 1.92 bits per heavy atom. The van der Waals surface area contributed by atoms with Crippen LogP contribution in [0.15, 0.2) is 16.0 Å². The summed E-state index contributed by atoms with van der Waals surface area (Å²) < 4.78 is 1.73. The Hall–Kier alpha value is -1.30. The Kier molecular flexibility index (Phi) is 5.04. The van der Waals surface area contributed by atoms with E-state index < -0.39 is 0 Å². The third-order valence-electron chi connectivity index (χ3n) is 4.83. The predicted molar refractivity (Wildman–Crippen MR) is 96.6 cm³/mol. The van der Waals surface area contributed by atoms with E-state index in [9.17, 15) is 9.59 Å². The molecular formula is C18H27N3O2S. The zero-order valence-electron chi connectivity index (χ0n) is 14.9. The van der Waals surface area contributed by atoms with Gasteiger partial charge in [-0.05, 0) is 12.8 Å². The molecule has 5 nitrogen and oxygen atoms in total. The maximum atomic E-state index is 12.6. The molecule has 1 aromatic rings.